The van der Waals surface area contributed by atoms with Crippen molar-refractivity contribution in [2.75, 3.05) is 20.3 Å². The fourth-order valence-electron chi connectivity index (χ4n) is 0.999. The molecule has 5 heteroatoms. The molecule has 1 aromatic rings. The van der Waals surface area contributed by atoms with Crippen molar-refractivity contribution in [1.82, 2.24) is 5.32 Å². The Morgan fingerprint density at radius 3 is 3.00 bits per heavy atom. The summed E-state index contributed by atoms with van der Waals surface area (Å²) < 4.78 is 5.94. The van der Waals surface area contributed by atoms with Crippen LogP contribution in [0.3, 0.4) is 0 Å². The van der Waals surface area contributed by atoms with Crippen LogP contribution in [0.2, 0.25) is 0 Å². The molecule has 0 radical (unpaired) electrons. The molecule has 1 aromatic heterocycles. The highest BCUT2D eigenvalue weighted by Gasteiger charge is 2.11. The quantitative estimate of drug-likeness (QED) is 0.839. The van der Waals surface area contributed by atoms with Gasteiger partial charge in [0.05, 0.1) is 16.5 Å². The van der Waals surface area contributed by atoms with Gasteiger partial charge in [0.1, 0.15) is 6.04 Å². The van der Waals surface area contributed by atoms with Crippen LogP contribution in [0.4, 0.5) is 0 Å². The number of nitrogens with one attached hydrogen (secondary N) is 1. The Hall–Kier alpha value is -0.410. The third-order valence-electron chi connectivity index (χ3n) is 1.66. The molecule has 0 bridgehead atoms. The molecule has 0 fully saturated rings. The molecule has 0 aliphatic carbocycles. The Morgan fingerprint density at radius 2 is 2.50 bits per heavy atom. The summed E-state index contributed by atoms with van der Waals surface area (Å²) in [6.45, 7) is 1.30. The van der Waals surface area contributed by atoms with Gasteiger partial charge in [0.2, 0.25) is 0 Å². The number of methoxy groups -OCH3 is 1. The molecule has 0 saturated carbocycles. The monoisotopic (exact) mass is 274 g/mol. The van der Waals surface area contributed by atoms with Gasteiger partial charge in [-0.15, -0.1) is 11.3 Å². The van der Waals surface area contributed by atoms with Gasteiger partial charge in [-0.2, -0.15) is 5.26 Å². The van der Waals surface area contributed by atoms with Gasteiger partial charge in [0, 0.05) is 18.5 Å². The van der Waals surface area contributed by atoms with Crippen LogP contribution in [0.25, 0.3) is 0 Å². The number of rotatable bonds is 5. The van der Waals surface area contributed by atoms with Gasteiger partial charge >= 0.3 is 0 Å². The van der Waals surface area contributed by atoms with Crippen molar-refractivity contribution in [3.63, 3.8) is 0 Å². The fraction of sp³-hybridized carbons (Fsp3) is 0.444. The highest BCUT2D eigenvalue weighted by Crippen LogP contribution is 2.26. The summed E-state index contributed by atoms with van der Waals surface area (Å²) in [6.07, 6.45) is 0. The van der Waals surface area contributed by atoms with Gasteiger partial charge in [0.15, 0.2) is 0 Å². The summed E-state index contributed by atoms with van der Waals surface area (Å²) in [5.41, 5.74) is 0. The lowest BCUT2D eigenvalue weighted by Gasteiger charge is -2.08. The molecule has 0 spiro atoms. The molecule has 0 aliphatic rings. The van der Waals surface area contributed by atoms with Crippen molar-refractivity contribution >= 4 is 27.3 Å². The Balaban J connectivity index is 2.51. The maximum atomic E-state index is 8.93. The second-order valence-electron chi connectivity index (χ2n) is 2.65. The van der Waals surface area contributed by atoms with E-state index < -0.39 is 0 Å². The van der Waals surface area contributed by atoms with E-state index in [9.17, 15) is 0 Å². The minimum atomic E-state index is -0.235. The van der Waals surface area contributed by atoms with E-state index in [0.29, 0.717) is 13.2 Å². The lowest BCUT2D eigenvalue weighted by Crippen LogP contribution is -2.23. The molecule has 3 nitrogen and oxygen atoms in total. The predicted octanol–water partition coefficient (Wildman–Crippen LogP) is 2.31. The van der Waals surface area contributed by atoms with Gasteiger partial charge in [-0.1, -0.05) is 0 Å². The van der Waals surface area contributed by atoms with Crippen LogP contribution in [0, 0.1) is 11.3 Å². The average Bonchev–Trinajstić information content (AvgIpc) is 2.60. The first-order valence-corrected chi connectivity index (χ1v) is 5.76. The molecule has 1 unspecified atom stereocenters. The van der Waals surface area contributed by atoms with Crippen molar-refractivity contribution in [2.24, 2.45) is 0 Å². The zero-order valence-electron chi connectivity index (χ0n) is 7.79. The number of halogens is 1. The minimum absolute atomic E-state index is 0.235. The largest absolute Gasteiger partial charge is 0.383 e. The SMILES string of the molecule is COCCNC(C#N)c1ccc(Br)s1. The Bertz CT molecular complexity index is 321. The van der Waals surface area contributed by atoms with Crippen LogP contribution in [-0.2, 0) is 4.74 Å². The van der Waals surface area contributed by atoms with Crippen LogP contribution < -0.4 is 5.32 Å². The van der Waals surface area contributed by atoms with Crippen molar-refractivity contribution in [1.29, 1.82) is 5.26 Å². The summed E-state index contributed by atoms with van der Waals surface area (Å²) in [4.78, 5) is 1.02. The van der Waals surface area contributed by atoms with Gasteiger partial charge < -0.3 is 4.74 Å². The molecule has 1 N–H and O–H groups in total. The molecule has 1 heterocycles. The van der Waals surface area contributed by atoms with Crippen molar-refractivity contribution in [3.05, 3.63) is 20.8 Å². The van der Waals surface area contributed by atoms with E-state index in [1.54, 1.807) is 18.4 Å². The molecule has 14 heavy (non-hydrogen) atoms. The normalized spacial score (nSPS) is 12.4. The van der Waals surface area contributed by atoms with Gasteiger partial charge in [0.25, 0.3) is 0 Å². The highest BCUT2D eigenvalue weighted by molar-refractivity contribution is 9.11. The maximum absolute atomic E-state index is 8.93. The fourth-order valence-corrected chi connectivity index (χ4v) is 2.44. The molecule has 0 saturated heterocycles. The molecule has 0 aliphatic heterocycles. The smallest absolute Gasteiger partial charge is 0.130 e. The van der Waals surface area contributed by atoms with Crippen LogP contribution in [0.5, 0.6) is 0 Å². The first kappa shape index (κ1) is 11.7. The van der Waals surface area contributed by atoms with Crippen LogP contribution in [0.15, 0.2) is 15.9 Å². The Kier molecular flexibility index (Phi) is 5.12. The Morgan fingerprint density at radius 1 is 1.71 bits per heavy atom. The third-order valence-corrected chi connectivity index (χ3v) is 3.35. The number of ether oxygens (including phenoxy) is 1. The zero-order valence-corrected chi connectivity index (χ0v) is 10.2. The lowest BCUT2D eigenvalue weighted by molar-refractivity contribution is 0.198. The third kappa shape index (κ3) is 3.39. The number of hydrogen-bond acceptors (Lipinski definition) is 4. The lowest BCUT2D eigenvalue weighted by atomic mass is 10.2. The van der Waals surface area contributed by atoms with Crippen molar-refractivity contribution in [2.45, 2.75) is 6.04 Å². The minimum Gasteiger partial charge on any atom is -0.383 e. The van der Waals surface area contributed by atoms with E-state index >= 15 is 0 Å². The van der Waals surface area contributed by atoms with E-state index in [2.05, 4.69) is 27.3 Å². The van der Waals surface area contributed by atoms with E-state index in [-0.39, 0.29) is 6.04 Å². The van der Waals surface area contributed by atoms with E-state index in [1.807, 2.05) is 12.1 Å². The highest BCUT2D eigenvalue weighted by atomic mass is 79.9. The van der Waals surface area contributed by atoms with Crippen molar-refractivity contribution < 1.29 is 4.74 Å². The van der Waals surface area contributed by atoms with Crippen LogP contribution in [0.1, 0.15) is 10.9 Å². The summed E-state index contributed by atoms with van der Waals surface area (Å²) in [6, 6.07) is 5.87. The van der Waals surface area contributed by atoms with E-state index in [0.717, 1.165) is 8.66 Å². The summed E-state index contributed by atoms with van der Waals surface area (Å²) in [7, 11) is 1.64. The maximum Gasteiger partial charge on any atom is 0.130 e. The number of thiophene rings is 1. The zero-order chi connectivity index (χ0) is 10.4. The van der Waals surface area contributed by atoms with Crippen LogP contribution in [-0.4, -0.2) is 20.3 Å². The van der Waals surface area contributed by atoms with Crippen LogP contribution >= 0.6 is 27.3 Å². The predicted molar refractivity (Wildman–Crippen MR) is 60.3 cm³/mol. The molecule has 0 amide bonds. The standard InChI is InChI=1S/C9H11BrN2OS/c1-13-5-4-12-7(6-11)8-2-3-9(10)14-8/h2-3,7,12H,4-5H2,1H3. The van der Waals surface area contributed by atoms with Crippen molar-refractivity contribution in [3.8, 4) is 6.07 Å². The van der Waals surface area contributed by atoms with E-state index in [1.165, 1.54) is 0 Å². The first-order valence-electron chi connectivity index (χ1n) is 4.15. The number of hydrogen-bond donors (Lipinski definition) is 1. The molecule has 1 rings (SSSR count). The second-order valence-corrected chi connectivity index (χ2v) is 5.15. The second kappa shape index (κ2) is 6.14. The molecule has 1 atom stereocenters. The summed E-state index contributed by atoms with van der Waals surface area (Å²) in [5.74, 6) is 0. The summed E-state index contributed by atoms with van der Waals surface area (Å²) in [5, 5.41) is 12.0. The first-order chi connectivity index (χ1) is 6.77. The van der Waals surface area contributed by atoms with Gasteiger partial charge in [-0.25, -0.2) is 0 Å². The van der Waals surface area contributed by atoms with E-state index in [4.69, 9.17) is 10.00 Å². The number of nitrogens with zero attached hydrogens (tertiary/aromatic N) is 1. The molecule has 0 aromatic carbocycles. The molecule has 76 valence electrons. The Labute approximate surface area is 95.8 Å². The van der Waals surface area contributed by atoms with Gasteiger partial charge in [-0.05, 0) is 28.1 Å². The molecular formula is C9H11BrN2OS. The molecular weight excluding hydrogens is 264 g/mol. The summed E-state index contributed by atoms with van der Waals surface area (Å²) >= 11 is 4.94. The van der Waals surface area contributed by atoms with Gasteiger partial charge in [-0.3, -0.25) is 5.32 Å². The topological polar surface area (TPSA) is 45.0 Å². The number of nitriles is 1. The average molecular weight is 275 g/mol.